The molecule has 1 aromatic heterocycles. The SMILES string of the molecule is Cc1cc(CCC#N)nn1C. The van der Waals surface area contributed by atoms with Crippen LogP contribution in [-0.2, 0) is 13.5 Å². The largest absolute Gasteiger partial charge is 0.273 e. The van der Waals surface area contributed by atoms with Crippen molar-refractivity contribution in [2.24, 2.45) is 7.05 Å². The smallest absolute Gasteiger partial charge is 0.0637 e. The van der Waals surface area contributed by atoms with Crippen molar-refractivity contribution in [3.05, 3.63) is 17.5 Å². The van der Waals surface area contributed by atoms with Crippen LogP contribution < -0.4 is 0 Å². The van der Waals surface area contributed by atoms with Crippen LogP contribution in [0.2, 0.25) is 0 Å². The minimum absolute atomic E-state index is 0.552. The Balaban J connectivity index is 2.67. The van der Waals surface area contributed by atoms with E-state index in [2.05, 4.69) is 11.2 Å². The normalized spacial score (nSPS) is 9.55. The summed E-state index contributed by atoms with van der Waals surface area (Å²) in [7, 11) is 1.91. The monoisotopic (exact) mass is 149 g/mol. The fraction of sp³-hybridized carbons (Fsp3) is 0.500. The van der Waals surface area contributed by atoms with Gasteiger partial charge in [-0.05, 0) is 13.0 Å². The lowest BCUT2D eigenvalue weighted by atomic mass is 10.2. The van der Waals surface area contributed by atoms with E-state index in [4.69, 9.17) is 5.26 Å². The van der Waals surface area contributed by atoms with Crippen LogP contribution in [0.15, 0.2) is 6.07 Å². The second-order valence-corrected chi connectivity index (χ2v) is 2.56. The molecule has 0 aliphatic heterocycles. The van der Waals surface area contributed by atoms with Crippen molar-refractivity contribution >= 4 is 0 Å². The minimum atomic E-state index is 0.552. The standard InChI is InChI=1S/C8H11N3/c1-7-6-8(4-3-5-9)10-11(7)2/h6H,3-4H2,1-2H3. The lowest BCUT2D eigenvalue weighted by Crippen LogP contribution is -1.93. The molecule has 0 unspecified atom stereocenters. The first kappa shape index (κ1) is 7.80. The van der Waals surface area contributed by atoms with Gasteiger partial charge in [0.1, 0.15) is 0 Å². The quantitative estimate of drug-likeness (QED) is 0.633. The molecule has 0 saturated heterocycles. The number of nitrogens with zero attached hydrogens (tertiary/aromatic N) is 3. The highest BCUT2D eigenvalue weighted by Crippen LogP contribution is 2.02. The number of nitriles is 1. The van der Waals surface area contributed by atoms with Crippen LogP contribution in [0, 0.1) is 18.3 Å². The maximum atomic E-state index is 8.32. The van der Waals surface area contributed by atoms with E-state index in [0.717, 1.165) is 17.8 Å². The molecule has 58 valence electrons. The van der Waals surface area contributed by atoms with Crippen molar-refractivity contribution in [2.75, 3.05) is 0 Å². The van der Waals surface area contributed by atoms with Crippen LogP contribution in [-0.4, -0.2) is 9.78 Å². The molecule has 0 radical (unpaired) electrons. The van der Waals surface area contributed by atoms with E-state index in [0.29, 0.717) is 6.42 Å². The van der Waals surface area contributed by atoms with E-state index in [1.165, 1.54) is 0 Å². The molecule has 0 fully saturated rings. The topological polar surface area (TPSA) is 41.6 Å². The summed E-state index contributed by atoms with van der Waals surface area (Å²) in [5, 5.41) is 12.5. The van der Waals surface area contributed by atoms with Gasteiger partial charge in [0.05, 0.1) is 11.8 Å². The molecule has 11 heavy (non-hydrogen) atoms. The molecule has 0 aromatic carbocycles. The molecule has 3 nitrogen and oxygen atoms in total. The van der Waals surface area contributed by atoms with Crippen molar-refractivity contribution in [1.82, 2.24) is 9.78 Å². The summed E-state index contributed by atoms with van der Waals surface area (Å²) in [6, 6.07) is 4.11. The van der Waals surface area contributed by atoms with Crippen LogP contribution in [0.1, 0.15) is 17.8 Å². The van der Waals surface area contributed by atoms with Crippen molar-refractivity contribution in [3.8, 4) is 6.07 Å². The lowest BCUT2D eigenvalue weighted by molar-refractivity contribution is 0.719. The van der Waals surface area contributed by atoms with E-state index in [1.807, 2.05) is 24.7 Å². The first-order valence-corrected chi connectivity index (χ1v) is 3.60. The van der Waals surface area contributed by atoms with Crippen LogP contribution in [0.3, 0.4) is 0 Å². The molecule has 1 heterocycles. The Morgan fingerprint density at radius 2 is 2.45 bits per heavy atom. The first-order valence-electron chi connectivity index (χ1n) is 3.60. The van der Waals surface area contributed by atoms with E-state index in [9.17, 15) is 0 Å². The third-order valence-electron chi connectivity index (χ3n) is 1.66. The van der Waals surface area contributed by atoms with Gasteiger partial charge in [0.2, 0.25) is 0 Å². The highest BCUT2D eigenvalue weighted by Gasteiger charge is 1.99. The van der Waals surface area contributed by atoms with E-state index >= 15 is 0 Å². The molecule has 1 rings (SSSR count). The van der Waals surface area contributed by atoms with Gasteiger partial charge < -0.3 is 0 Å². The minimum Gasteiger partial charge on any atom is -0.273 e. The Kier molecular flexibility index (Phi) is 2.27. The Bertz CT molecular complexity index is 261. The fourth-order valence-corrected chi connectivity index (χ4v) is 0.941. The van der Waals surface area contributed by atoms with E-state index in [-0.39, 0.29) is 0 Å². The van der Waals surface area contributed by atoms with Gasteiger partial charge in [-0.3, -0.25) is 4.68 Å². The molecule has 0 atom stereocenters. The Morgan fingerprint density at radius 1 is 1.73 bits per heavy atom. The van der Waals surface area contributed by atoms with Gasteiger partial charge in [-0.25, -0.2) is 0 Å². The van der Waals surface area contributed by atoms with Gasteiger partial charge in [0, 0.05) is 25.6 Å². The van der Waals surface area contributed by atoms with Crippen molar-refractivity contribution in [2.45, 2.75) is 19.8 Å². The van der Waals surface area contributed by atoms with Crippen LogP contribution in [0.5, 0.6) is 0 Å². The molecule has 0 N–H and O–H groups in total. The first-order chi connectivity index (χ1) is 5.24. The molecule has 0 aliphatic rings. The number of aryl methyl sites for hydroxylation is 3. The van der Waals surface area contributed by atoms with Crippen molar-refractivity contribution in [1.29, 1.82) is 5.26 Å². The van der Waals surface area contributed by atoms with Crippen LogP contribution >= 0.6 is 0 Å². The summed E-state index contributed by atoms with van der Waals surface area (Å²) in [6.07, 6.45) is 1.31. The number of hydrogen-bond acceptors (Lipinski definition) is 2. The number of rotatable bonds is 2. The molecule has 3 heteroatoms. The zero-order valence-corrected chi connectivity index (χ0v) is 6.83. The van der Waals surface area contributed by atoms with Gasteiger partial charge in [-0.1, -0.05) is 0 Å². The molecular weight excluding hydrogens is 138 g/mol. The fourth-order valence-electron chi connectivity index (χ4n) is 0.941. The van der Waals surface area contributed by atoms with Gasteiger partial charge in [0.15, 0.2) is 0 Å². The van der Waals surface area contributed by atoms with Crippen molar-refractivity contribution < 1.29 is 0 Å². The maximum Gasteiger partial charge on any atom is 0.0637 e. The molecule has 0 saturated carbocycles. The summed E-state index contributed by atoms with van der Waals surface area (Å²) >= 11 is 0. The summed E-state index contributed by atoms with van der Waals surface area (Å²) in [6.45, 7) is 2.00. The summed E-state index contributed by atoms with van der Waals surface area (Å²) in [5.74, 6) is 0. The molecule has 1 aromatic rings. The molecular formula is C8H11N3. The third-order valence-corrected chi connectivity index (χ3v) is 1.66. The molecule has 0 amide bonds. The Morgan fingerprint density at radius 3 is 2.91 bits per heavy atom. The van der Waals surface area contributed by atoms with Crippen LogP contribution in [0.25, 0.3) is 0 Å². The average Bonchev–Trinajstić information content (AvgIpc) is 2.28. The summed E-state index contributed by atoms with van der Waals surface area (Å²) in [4.78, 5) is 0. The van der Waals surface area contributed by atoms with Gasteiger partial charge in [-0.2, -0.15) is 10.4 Å². The highest BCUT2D eigenvalue weighted by molar-refractivity contribution is 5.09. The van der Waals surface area contributed by atoms with Crippen molar-refractivity contribution in [3.63, 3.8) is 0 Å². The number of hydrogen-bond donors (Lipinski definition) is 0. The molecule has 0 bridgehead atoms. The van der Waals surface area contributed by atoms with Gasteiger partial charge >= 0.3 is 0 Å². The van der Waals surface area contributed by atoms with Gasteiger partial charge in [-0.15, -0.1) is 0 Å². The van der Waals surface area contributed by atoms with Crippen LogP contribution in [0.4, 0.5) is 0 Å². The second kappa shape index (κ2) is 3.20. The predicted molar refractivity (Wildman–Crippen MR) is 41.9 cm³/mol. The Labute approximate surface area is 66.3 Å². The summed E-state index contributed by atoms with van der Waals surface area (Å²) in [5.41, 5.74) is 2.14. The second-order valence-electron chi connectivity index (χ2n) is 2.56. The van der Waals surface area contributed by atoms with E-state index in [1.54, 1.807) is 0 Å². The Hall–Kier alpha value is -1.30. The molecule has 0 spiro atoms. The summed E-state index contributed by atoms with van der Waals surface area (Å²) < 4.78 is 1.83. The van der Waals surface area contributed by atoms with Gasteiger partial charge in [0.25, 0.3) is 0 Å². The predicted octanol–water partition coefficient (Wildman–Crippen LogP) is 1.18. The highest BCUT2D eigenvalue weighted by atomic mass is 15.3. The maximum absolute atomic E-state index is 8.32. The third kappa shape index (κ3) is 1.81. The van der Waals surface area contributed by atoms with E-state index < -0.39 is 0 Å². The zero-order valence-electron chi connectivity index (χ0n) is 6.83. The number of aromatic nitrogens is 2. The average molecular weight is 149 g/mol. The molecule has 0 aliphatic carbocycles. The zero-order chi connectivity index (χ0) is 8.27. The lowest BCUT2D eigenvalue weighted by Gasteiger charge is -1.89.